The van der Waals surface area contributed by atoms with Gasteiger partial charge in [-0.2, -0.15) is 0 Å². The van der Waals surface area contributed by atoms with Gasteiger partial charge in [0.2, 0.25) is 0 Å². The highest BCUT2D eigenvalue weighted by atomic mass is 19.1. The fraction of sp³-hybridized carbons (Fsp3) is 0.217. The first-order valence-electron chi connectivity index (χ1n) is 8.96. The average molecular weight is 331 g/mol. The Bertz CT molecular complexity index is 837. The average Bonchev–Trinajstić information content (AvgIpc) is 2.67. The maximum atomic E-state index is 13.0. The van der Waals surface area contributed by atoms with E-state index in [-0.39, 0.29) is 5.82 Å². The predicted molar refractivity (Wildman–Crippen MR) is 101 cm³/mol. The molecule has 0 aromatic heterocycles. The van der Waals surface area contributed by atoms with Gasteiger partial charge >= 0.3 is 0 Å². The fourth-order valence-corrected chi connectivity index (χ4v) is 3.66. The SMILES string of the molecule is Fc1ccc(-c2ccc(CN[C@H]3CCCc4ccccc43)cc2)cc1. The zero-order valence-corrected chi connectivity index (χ0v) is 14.2. The number of benzene rings is 3. The van der Waals surface area contributed by atoms with Gasteiger partial charge in [-0.1, -0.05) is 60.7 Å². The Hall–Kier alpha value is -2.45. The van der Waals surface area contributed by atoms with Crippen LogP contribution in [-0.2, 0) is 13.0 Å². The Morgan fingerprint density at radius 1 is 0.840 bits per heavy atom. The van der Waals surface area contributed by atoms with E-state index in [9.17, 15) is 4.39 Å². The Kier molecular flexibility index (Phi) is 4.62. The Labute approximate surface area is 148 Å². The summed E-state index contributed by atoms with van der Waals surface area (Å²) < 4.78 is 13.0. The molecule has 1 N–H and O–H groups in total. The first-order valence-corrected chi connectivity index (χ1v) is 8.96. The third kappa shape index (κ3) is 3.64. The summed E-state index contributed by atoms with van der Waals surface area (Å²) in [5, 5.41) is 3.71. The lowest BCUT2D eigenvalue weighted by atomic mass is 9.87. The minimum absolute atomic E-state index is 0.197. The molecule has 3 aromatic carbocycles. The van der Waals surface area contributed by atoms with E-state index in [1.54, 1.807) is 0 Å². The third-order valence-electron chi connectivity index (χ3n) is 5.05. The number of halogens is 1. The first kappa shape index (κ1) is 16.0. The molecule has 0 saturated carbocycles. The van der Waals surface area contributed by atoms with Crippen LogP contribution in [0.2, 0.25) is 0 Å². The van der Waals surface area contributed by atoms with Crippen LogP contribution in [0.4, 0.5) is 4.39 Å². The second-order valence-electron chi connectivity index (χ2n) is 6.73. The molecule has 1 aliphatic rings. The summed E-state index contributed by atoms with van der Waals surface area (Å²) >= 11 is 0. The highest BCUT2D eigenvalue weighted by Gasteiger charge is 2.18. The van der Waals surface area contributed by atoms with Crippen LogP contribution in [0.15, 0.2) is 72.8 Å². The molecule has 1 atom stereocenters. The zero-order valence-electron chi connectivity index (χ0n) is 14.2. The van der Waals surface area contributed by atoms with E-state index in [1.165, 1.54) is 48.1 Å². The molecule has 0 saturated heterocycles. The molecule has 0 bridgehead atoms. The van der Waals surface area contributed by atoms with Crippen molar-refractivity contribution in [1.82, 2.24) is 5.32 Å². The number of nitrogens with one attached hydrogen (secondary N) is 1. The summed E-state index contributed by atoms with van der Waals surface area (Å²) in [4.78, 5) is 0. The third-order valence-corrected chi connectivity index (χ3v) is 5.05. The van der Waals surface area contributed by atoms with Crippen LogP contribution in [-0.4, -0.2) is 0 Å². The van der Waals surface area contributed by atoms with Gasteiger partial charge < -0.3 is 5.32 Å². The molecule has 0 radical (unpaired) electrons. The number of hydrogen-bond donors (Lipinski definition) is 1. The van der Waals surface area contributed by atoms with Crippen molar-refractivity contribution in [3.05, 3.63) is 95.3 Å². The molecule has 0 heterocycles. The van der Waals surface area contributed by atoms with Gasteiger partial charge in [0.25, 0.3) is 0 Å². The molecule has 0 amide bonds. The highest BCUT2D eigenvalue weighted by molar-refractivity contribution is 5.63. The summed E-state index contributed by atoms with van der Waals surface area (Å²) in [6, 6.07) is 24.4. The van der Waals surface area contributed by atoms with Crippen molar-refractivity contribution in [1.29, 1.82) is 0 Å². The van der Waals surface area contributed by atoms with Crippen molar-refractivity contribution < 1.29 is 4.39 Å². The number of rotatable bonds is 4. The molecule has 3 aromatic rings. The lowest BCUT2D eigenvalue weighted by Gasteiger charge is -2.26. The predicted octanol–water partition coefficient (Wildman–Crippen LogP) is 5.66. The highest BCUT2D eigenvalue weighted by Crippen LogP contribution is 2.29. The van der Waals surface area contributed by atoms with E-state index in [0.717, 1.165) is 17.7 Å². The normalized spacial score (nSPS) is 16.4. The van der Waals surface area contributed by atoms with Crippen molar-refractivity contribution in [2.45, 2.75) is 31.8 Å². The molecule has 4 rings (SSSR count). The Morgan fingerprint density at radius 3 is 2.28 bits per heavy atom. The maximum absolute atomic E-state index is 13.0. The first-order chi connectivity index (χ1) is 12.3. The lowest BCUT2D eigenvalue weighted by Crippen LogP contribution is -2.24. The zero-order chi connectivity index (χ0) is 17.1. The minimum Gasteiger partial charge on any atom is -0.306 e. The summed E-state index contributed by atoms with van der Waals surface area (Å²) in [6.45, 7) is 0.864. The molecule has 1 aliphatic carbocycles. The largest absolute Gasteiger partial charge is 0.306 e. The van der Waals surface area contributed by atoms with Crippen LogP contribution in [0.5, 0.6) is 0 Å². The van der Waals surface area contributed by atoms with Gasteiger partial charge in [0, 0.05) is 12.6 Å². The van der Waals surface area contributed by atoms with E-state index < -0.39 is 0 Å². The van der Waals surface area contributed by atoms with E-state index in [4.69, 9.17) is 0 Å². The number of aryl methyl sites for hydroxylation is 1. The van der Waals surface area contributed by atoms with Gasteiger partial charge in [-0.25, -0.2) is 4.39 Å². The molecule has 0 fully saturated rings. The van der Waals surface area contributed by atoms with Crippen molar-refractivity contribution in [2.24, 2.45) is 0 Å². The Morgan fingerprint density at radius 2 is 1.52 bits per heavy atom. The van der Waals surface area contributed by atoms with Crippen LogP contribution in [0.25, 0.3) is 11.1 Å². The Balaban J connectivity index is 1.43. The van der Waals surface area contributed by atoms with Gasteiger partial charge in [-0.05, 0) is 59.2 Å². The summed E-state index contributed by atoms with van der Waals surface area (Å²) in [5.41, 5.74) is 6.37. The summed E-state index contributed by atoms with van der Waals surface area (Å²) in [7, 11) is 0. The molecule has 25 heavy (non-hydrogen) atoms. The van der Waals surface area contributed by atoms with Crippen molar-refractivity contribution in [3.63, 3.8) is 0 Å². The van der Waals surface area contributed by atoms with Gasteiger partial charge in [0.15, 0.2) is 0 Å². The van der Waals surface area contributed by atoms with E-state index in [2.05, 4.69) is 53.8 Å². The molecule has 0 unspecified atom stereocenters. The van der Waals surface area contributed by atoms with Crippen LogP contribution >= 0.6 is 0 Å². The number of fused-ring (bicyclic) bond motifs is 1. The van der Waals surface area contributed by atoms with E-state index >= 15 is 0 Å². The second-order valence-corrected chi connectivity index (χ2v) is 6.73. The quantitative estimate of drug-likeness (QED) is 0.650. The van der Waals surface area contributed by atoms with Gasteiger partial charge in [0.05, 0.1) is 0 Å². The lowest BCUT2D eigenvalue weighted by molar-refractivity contribution is 0.459. The molecule has 2 heteroatoms. The van der Waals surface area contributed by atoms with Gasteiger partial charge in [0.1, 0.15) is 5.82 Å². The number of hydrogen-bond acceptors (Lipinski definition) is 1. The molecular weight excluding hydrogens is 309 g/mol. The van der Waals surface area contributed by atoms with Crippen LogP contribution in [0.1, 0.15) is 35.6 Å². The monoisotopic (exact) mass is 331 g/mol. The standard InChI is InChI=1S/C23H22FN/c24-21-14-12-19(13-15-21)18-10-8-17(9-11-18)16-25-23-7-3-5-20-4-1-2-6-22(20)23/h1-2,4,6,8-15,23,25H,3,5,7,16H2/t23-/m0/s1. The van der Waals surface area contributed by atoms with Crippen LogP contribution < -0.4 is 5.32 Å². The van der Waals surface area contributed by atoms with Gasteiger partial charge in [-0.3, -0.25) is 0 Å². The molecule has 0 spiro atoms. The topological polar surface area (TPSA) is 12.0 Å². The summed E-state index contributed by atoms with van der Waals surface area (Å²) in [5.74, 6) is -0.197. The van der Waals surface area contributed by atoms with Gasteiger partial charge in [-0.15, -0.1) is 0 Å². The fourth-order valence-electron chi connectivity index (χ4n) is 3.66. The van der Waals surface area contributed by atoms with Crippen molar-refractivity contribution >= 4 is 0 Å². The van der Waals surface area contributed by atoms with Crippen LogP contribution in [0, 0.1) is 5.82 Å². The molecular formula is C23H22FN. The van der Waals surface area contributed by atoms with Crippen molar-refractivity contribution in [2.75, 3.05) is 0 Å². The smallest absolute Gasteiger partial charge is 0.123 e. The van der Waals surface area contributed by atoms with E-state index in [1.807, 2.05) is 12.1 Å². The maximum Gasteiger partial charge on any atom is 0.123 e. The van der Waals surface area contributed by atoms with Crippen LogP contribution in [0.3, 0.4) is 0 Å². The molecule has 0 aliphatic heterocycles. The molecule has 126 valence electrons. The van der Waals surface area contributed by atoms with Crippen molar-refractivity contribution in [3.8, 4) is 11.1 Å². The summed E-state index contributed by atoms with van der Waals surface area (Å²) in [6.07, 6.45) is 3.64. The molecule has 1 nitrogen and oxygen atoms in total. The second kappa shape index (κ2) is 7.20. The van der Waals surface area contributed by atoms with E-state index in [0.29, 0.717) is 6.04 Å². The minimum atomic E-state index is -0.197.